The van der Waals surface area contributed by atoms with Crippen LogP contribution >= 0.6 is 11.5 Å². The number of aryl methyl sites for hydroxylation is 1. The SMILES string of the molecule is CCn1c(Cn2cccn2)nnc1C1CCN(Cc2snnc2C)CC1. The van der Waals surface area contributed by atoms with Crippen LogP contribution in [-0.2, 0) is 19.6 Å². The van der Waals surface area contributed by atoms with Crippen LogP contribution in [0.25, 0.3) is 0 Å². The summed E-state index contributed by atoms with van der Waals surface area (Å²) in [6, 6.07) is 1.93. The first kappa shape index (κ1) is 17.3. The van der Waals surface area contributed by atoms with Crippen molar-refractivity contribution < 1.29 is 0 Å². The summed E-state index contributed by atoms with van der Waals surface area (Å²) in [7, 11) is 0. The van der Waals surface area contributed by atoms with E-state index in [1.165, 1.54) is 16.4 Å². The van der Waals surface area contributed by atoms with Crippen LogP contribution in [0, 0.1) is 6.92 Å². The molecule has 0 radical (unpaired) electrons. The van der Waals surface area contributed by atoms with Gasteiger partial charge in [0, 0.05) is 31.4 Å². The second kappa shape index (κ2) is 7.63. The van der Waals surface area contributed by atoms with Gasteiger partial charge in [0.05, 0.1) is 10.6 Å². The number of aromatic nitrogens is 7. The highest BCUT2D eigenvalue weighted by Gasteiger charge is 2.26. The normalized spacial score (nSPS) is 16.4. The van der Waals surface area contributed by atoms with Crippen LogP contribution in [0.4, 0.5) is 0 Å². The van der Waals surface area contributed by atoms with Gasteiger partial charge in [0.1, 0.15) is 12.4 Å². The zero-order valence-corrected chi connectivity index (χ0v) is 16.1. The van der Waals surface area contributed by atoms with Gasteiger partial charge in [0.15, 0.2) is 5.82 Å². The van der Waals surface area contributed by atoms with Gasteiger partial charge < -0.3 is 4.57 Å². The number of hydrogen-bond donors (Lipinski definition) is 0. The van der Waals surface area contributed by atoms with E-state index in [9.17, 15) is 0 Å². The molecule has 9 heteroatoms. The Morgan fingerprint density at radius 2 is 2.00 bits per heavy atom. The molecule has 138 valence electrons. The van der Waals surface area contributed by atoms with E-state index in [1.807, 2.05) is 23.9 Å². The van der Waals surface area contributed by atoms with E-state index in [-0.39, 0.29) is 0 Å². The van der Waals surface area contributed by atoms with Gasteiger partial charge in [-0.05, 0) is 57.4 Å². The number of rotatable bonds is 6. The van der Waals surface area contributed by atoms with Crippen LogP contribution < -0.4 is 0 Å². The third kappa shape index (κ3) is 3.54. The lowest BCUT2D eigenvalue weighted by Gasteiger charge is -2.31. The minimum absolute atomic E-state index is 0.478. The summed E-state index contributed by atoms with van der Waals surface area (Å²) in [6.07, 6.45) is 5.99. The molecule has 1 saturated heterocycles. The first-order chi connectivity index (χ1) is 12.7. The average molecular weight is 373 g/mol. The van der Waals surface area contributed by atoms with Crippen molar-refractivity contribution in [2.45, 2.75) is 52.2 Å². The fourth-order valence-electron chi connectivity index (χ4n) is 3.60. The molecule has 1 fully saturated rings. The Morgan fingerprint density at radius 3 is 2.65 bits per heavy atom. The summed E-state index contributed by atoms with van der Waals surface area (Å²) < 4.78 is 8.20. The minimum atomic E-state index is 0.478. The molecule has 0 saturated carbocycles. The van der Waals surface area contributed by atoms with Crippen molar-refractivity contribution in [2.24, 2.45) is 0 Å². The van der Waals surface area contributed by atoms with Gasteiger partial charge in [0.2, 0.25) is 0 Å². The van der Waals surface area contributed by atoms with Crippen molar-refractivity contribution in [2.75, 3.05) is 13.1 Å². The predicted octanol–water partition coefficient (Wildman–Crippen LogP) is 2.08. The number of likely N-dealkylation sites (tertiary alicyclic amines) is 1. The molecule has 0 aliphatic carbocycles. The smallest absolute Gasteiger partial charge is 0.154 e. The van der Waals surface area contributed by atoms with Gasteiger partial charge in [-0.25, -0.2) is 0 Å². The van der Waals surface area contributed by atoms with E-state index in [0.29, 0.717) is 12.5 Å². The highest BCUT2D eigenvalue weighted by Crippen LogP contribution is 2.28. The maximum absolute atomic E-state index is 4.54. The Balaban J connectivity index is 1.41. The molecule has 0 unspecified atom stereocenters. The van der Waals surface area contributed by atoms with Gasteiger partial charge in [-0.2, -0.15) is 5.10 Å². The van der Waals surface area contributed by atoms with Crippen molar-refractivity contribution in [1.29, 1.82) is 0 Å². The van der Waals surface area contributed by atoms with E-state index in [0.717, 1.165) is 56.4 Å². The first-order valence-electron chi connectivity index (χ1n) is 9.14. The molecule has 0 atom stereocenters. The summed E-state index contributed by atoms with van der Waals surface area (Å²) in [5, 5.41) is 17.4. The predicted molar refractivity (Wildman–Crippen MR) is 98.9 cm³/mol. The second-order valence-corrected chi connectivity index (χ2v) is 7.59. The second-order valence-electron chi connectivity index (χ2n) is 6.75. The lowest BCUT2D eigenvalue weighted by molar-refractivity contribution is 0.201. The molecule has 26 heavy (non-hydrogen) atoms. The zero-order chi connectivity index (χ0) is 17.9. The van der Waals surface area contributed by atoms with Gasteiger partial charge in [0.25, 0.3) is 0 Å². The van der Waals surface area contributed by atoms with Gasteiger partial charge in [-0.15, -0.1) is 15.3 Å². The maximum Gasteiger partial charge on any atom is 0.154 e. The zero-order valence-electron chi connectivity index (χ0n) is 15.2. The topological polar surface area (TPSA) is 77.5 Å². The largest absolute Gasteiger partial charge is 0.313 e. The molecule has 1 aliphatic heterocycles. The molecular formula is C17H24N8S. The Kier molecular flexibility index (Phi) is 5.07. The van der Waals surface area contributed by atoms with Crippen LogP contribution in [-0.4, -0.2) is 52.1 Å². The quantitative estimate of drug-likeness (QED) is 0.659. The van der Waals surface area contributed by atoms with Crippen molar-refractivity contribution in [3.05, 3.63) is 40.7 Å². The van der Waals surface area contributed by atoms with E-state index in [2.05, 4.69) is 41.3 Å². The molecule has 8 nitrogen and oxygen atoms in total. The molecule has 0 spiro atoms. The van der Waals surface area contributed by atoms with E-state index in [1.54, 1.807) is 6.20 Å². The molecule has 1 aliphatic rings. The highest BCUT2D eigenvalue weighted by atomic mass is 32.1. The van der Waals surface area contributed by atoms with Gasteiger partial charge in [-0.1, -0.05) is 4.49 Å². The van der Waals surface area contributed by atoms with Crippen LogP contribution in [0.5, 0.6) is 0 Å². The molecule has 0 amide bonds. The Bertz CT molecular complexity index is 829. The molecule has 3 aromatic heterocycles. The Labute approximate surface area is 157 Å². The molecule has 0 N–H and O–H groups in total. The third-order valence-corrected chi connectivity index (χ3v) is 5.91. The lowest BCUT2D eigenvalue weighted by atomic mass is 9.95. The minimum Gasteiger partial charge on any atom is -0.313 e. The van der Waals surface area contributed by atoms with Gasteiger partial charge in [-0.3, -0.25) is 9.58 Å². The summed E-state index contributed by atoms with van der Waals surface area (Å²) in [5.74, 6) is 2.59. The van der Waals surface area contributed by atoms with Gasteiger partial charge >= 0.3 is 0 Å². The van der Waals surface area contributed by atoms with Crippen molar-refractivity contribution in [1.82, 2.24) is 39.0 Å². The number of hydrogen-bond acceptors (Lipinski definition) is 7. The van der Waals surface area contributed by atoms with E-state index in [4.69, 9.17) is 0 Å². The van der Waals surface area contributed by atoms with Crippen LogP contribution in [0.3, 0.4) is 0 Å². The highest BCUT2D eigenvalue weighted by molar-refractivity contribution is 7.05. The summed E-state index contributed by atoms with van der Waals surface area (Å²) >= 11 is 1.51. The summed E-state index contributed by atoms with van der Waals surface area (Å²) in [4.78, 5) is 3.78. The summed E-state index contributed by atoms with van der Waals surface area (Å²) in [5.41, 5.74) is 1.06. The third-order valence-electron chi connectivity index (χ3n) is 5.10. The van der Waals surface area contributed by atoms with E-state index >= 15 is 0 Å². The van der Waals surface area contributed by atoms with Crippen LogP contribution in [0.1, 0.15) is 47.9 Å². The molecular weight excluding hydrogens is 348 g/mol. The fourth-order valence-corrected chi connectivity index (χ4v) is 4.28. The molecule has 0 bridgehead atoms. The standard InChI is InChI=1S/C17H24N8S/c1-3-25-16(12-24-8-4-7-18-24)20-21-17(25)14-5-9-23(10-6-14)11-15-13(2)19-22-26-15/h4,7-8,14H,3,5-6,9-12H2,1-2H3. The van der Waals surface area contributed by atoms with Crippen LogP contribution in [0.15, 0.2) is 18.5 Å². The number of nitrogens with zero attached hydrogens (tertiary/aromatic N) is 8. The number of piperidine rings is 1. The lowest BCUT2D eigenvalue weighted by Crippen LogP contribution is -2.33. The van der Waals surface area contributed by atoms with E-state index < -0.39 is 0 Å². The molecule has 4 rings (SSSR count). The van der Waals surface area contributed by atoms with Crippen molar-refractivity contribution in [3.8, 4) is 0 Å². The van der Waals surface area contributed by atoms with Crippen LogP contribution in [0.2, 0.25) is 0 Å². The average Bonchev–Trinajstić information content (AvgIpc) is 3.39. The summed E-state index contributed by atoms with van der Waals surface area (Å²) in [6.45, 7) is 8.88. The van der Waals surface area contributed by atoms with Crippen molar-refractivity contribution >= 4 is 11.5 Å². The Morgan fingerprint density at radius 1 is 1.15 bits per heavy atom. The fraction of sp³-hybridized carbons (Fsp3) is 0.588. The molecule has 0 aromatic carbocycles. The first-order valence-corrected chi connectivity index (χ1v) is 9.91. The maximum atomic E-state index is 4.54. The monoisotopic (exact) mass is 372 g/mol. The Hall–Kier alpha value is -2.13. The van der Waals surface area contributed by atoms with Crippen molar-refractivity contribution in [3.63, 3.8) is 0 Å². The molecule has 4 heterocycles. The molecule has 3 aromatic rings.